The van der Waals surface area contributed by atoms with Crippen LogP contribution < -0.4 is 5.32 Å². The van der Waals surface area contributed by atoms with Crippen LogP contribution in [0.1, 0.15) is 41.7 Å². The Bertz CT molecular complexity index is 631. The van der Waals surface area contributed by atoms with Crippen molar-refractivity contribution in [2.45, 2.75) is 38.6 Å². The molecule has 3 rings (SSSR count). The number of amides is 1. The molecule has 3 nitrogen and oxygen atoms in total. The van der Waals surface area contributed by atoms with Crippen molar-refractivity contribution in [3.05, 3.63) is 53.7 Å². The molecule has 1 N–H and O–H groups in total. The summed E-state index contributed by atoms with van der Waals surface area (Å²) in [5.41, 5.74) is 3.45. The Balaban J connectivity index is 1.79. The number of nitrogens with one attached hydrogen (secondary N) is 1. The fourth-order valence-corrected chi connectivity index (χ4v) is 2.90. The first-order valence-corrected chi connectivity index (χ1v) is 7.58. The maximum absolute atomic E-state index is 12.3. The highest BCUT2D eigenvalue weighted by atomic mass is 16.1. The highest BCUT2D eigenvalue weighted by molar-refractivity contribution is 5.95. The van der Waals surface area contributed by atoms with Gasteiger partial charge in [0.25, 0.3) is 5.91 Å². The van der Waals surface area contributed by atoms with Crippen molar-refractivity contribution < 1.29 is 4.79 Å². The molecule has 0 unspecified atom stereocenters. The molecule has 1 amide bonds. The topological polar surface area (TPSA) is 42.0 Å². The largest absolute Gasteiger partial charge is 0.349 e. The monoisotopic (exact) mass is 280 g/mol. The van der Waals surface area contributed by atoms with Gasteiger partial charge in [-0.2, -0.15) is 0 Å². The van der Waals surface area contributed by atoms with Crippen LogP contribution in [0.25, 0.3) is 11.3 Å². The van der Waals surface area contributed by atoms with Gasteiger partial charge >= 0.3 is 0 Å². The molecule has 0 radical (unpaired) electrons. The van der Waals surface area contributed by atoms with E-state index in [1.54, 1.807) is 0 Å². The quantitative estimate of drug-likeness (QED) is 0.930. The summed E-state index contributed by atoms with van der Waals surface area (Å²) in [6.45, 7) is 1.90. The number of carbonyl (C=O) groups excluding carboxylic acids is 1. The minimum atomic E-state index is 0.00603. The first-order valence-electron chi connectivity index (χ1n) is 7.58. The van der Waals surface area contributed by atoms with E-state index in [2.05, 4.69) is 10.3 Å². The summed E-state index contributed by atoms with van der Waals surface area (Å²) in [6, 6.07) is 14.2. The predicted octanol–water partition coefficient (Wildman–Crippen LogP) is 3.73. The molecule has 1 aliphatic carbocycles. The summed E-state index contributed by atoms with van der Waals surface area (Å²) < 4.78 is 0. The molecule has 1 aromatic heterocycles. The summed E-state index contributed by atoms with van der Waals surface area (Å²) in [5, 5.41) is 3.12. The number of rotatable bonds is 3. The van der Waals surface area contributed by atoms with Gasteiger partial charge in [0.05, 0.1) is 17.0 Å². The molecule has 0 atom stereocenters. The van der Waals surface area contributed by atoms with Crippen LogP contribution in [0, 0.1) is 6.92 Å². The Kier molecular flexibility index (Phi) is 4.00. The molecule has 3 heteroatoms. The number of aromatic nitrogens is 1. The number of benzene rings is 1. The smallest absolute Gasteiger partial charge is 0.253 e. The van der Waals surface area contributed by atoms with Crippen LogP contribution in [0.5, 0.6) is 0 Å². The van der Waals surface area contributed by atoms with E-state index in [1.165, 1.54) is 12.8 Å². The van der Waals surface area contributed by atoms with Crippen molar-refractivity contribution >= 4 is 5.91 Å². The lowest BCUT2D eigenvalue weighted by Crippen LogP contribution is -2.33. The highest BCUT2D eigenvalue weighted by Crippen LogP contribution is 2.20. The normalized spacial score (nSPS) is 15.1. The second kappa shape index (κ2) is 6.08. The SMILES string of the molecule is Cc1nc(-c2ccccc2)ccc1C(=O)NC1CCCC1. The van der Waals surface area contributed by atoms with E-state index in [0.717, 1.165) is 29.8 Å². The Morgan fingerprint density at radius 1 is 1.10 bits per heavy atom. The first kappa shape index (κ1) is 13.8. The van der Waals surface area contributed by atoms with Gasteiger partial charge in [-0.15, -0.1) is 0 Å². The van der Waals surface area contributed by atoms with Crippen molar-refractivity contribution in [2.75, 3.05) is 0 Å². The van der Waals surface area contributed by atoms with E-state index < -0.39 is 0 Å². The summed E-state index contributed by atoms with van der Waals surface area (Å²) in [5.74, 6) is 0.00603. The molecule has 1 aromatic carbocycles. The fourth-order valence-electron chi connectivity index (χ4n) is 2.90. The van der Waals surface area contributed by atoms with Gasteiger partial charge in [-0.25, -0.2) is 0 Å². The molecule has 108 valence electrons. The molecule has 21 heavy (non-hydrogen) atoms. The number of hydrogen-bond acceptors (Lipinski definition) is 2. The molecule has 1 heterocycles. The average molecular weight is 280 g/mol. The molecule has 1 aliphatic rings. The zero-order valence-corrected chi connectivity index (χ0v) is 12.3. The molecule has 1 saturated carbocycles. The van der Waals surface area contributed by atoms with E-state index in [9.17, 15) is 4.79 Å². The molecule has 0 spiro atoms. The lowest BCUT2D eigenvalue weighted by molar-refractivity contribution is 0.0937. The number of nitrogens with zero attached hydrogens (tertiary/aromatic N) is 1. The zero-order valence-electron chi connectivity index (χ0n) is 12.3. The van der Waals surface area contributed by atoms with Gasteiger partial charge < -0.3 is 5.32 Å². The van der Waals surface area contributed by atoms with Gasteiger partial charge in [0, 0.05) is 11.6 Å². The van der Waals surface area contributed by atoms with E-state index in [0.29, 0.717) is 11.6 Å². The van der Waals surface area contributed by atoms with Gasteiger partial charge in [-0.05, 0) is 31.9 Å². The van der Waals surface area contributed by atoms with Gasteiger partial charge in [-0.1, -0.05) is 43.2 Å². The third kappa shape index (κ3) is 3.13. The first-order chi connectivity index (χ1) is 10.2. The van der Waals surface area contributed by atoms with Gasteiger partial charge in [0.15, 0.2) is 0 Å². The van der Waals surface area contributed by atoms with E-state index >= 15 is 0 Å². The summed E-state index contributed by atoms with van der Waals surface area (Å²) in [6.07, 6.45) is 4.63. The van der Waals surface area contributed by atoms with E-state index in [-0.39, 0.29) is 5.91 Å². The second-order valence-corrected chi connectivity index (χ2v) is 5.65. The summed E-state index contributed by atoms with van der Waals surface area (Å²) in [7, 11) is 0. The number of hydrogen-bond donors (Lipinski definition) is 1. The molecule has 0 aliphatic heterocycles. The Labute approximate surface area is 125 Å². The molecular formula is C18H20N2O. The van der Waals surface area contributed by atoms with Crippen molar-refractivity contribution in [2.24, 2.45) is 0 Å². The maximum Gasteiger partial charge on any atom is 0.253 e. The highest BCUT2D eigenvalue weighted by Gasteiger charge is 2.19. The van der Waals surface area contributed by atoms with Crippen LogP contribution in [0.15, 0.2) is 42.5 Å². The van der Waals surface area contributed by atoms with Crippen LogP contribution in [-0.2, 0) is 0 Å². The van der Waals surface area contributed by atoms with Crippen LogP contribution >= 0.6 is 0 Å². The molecule has 2 aromatic rings. The number of aryl methyl sites for hydroxylation is 1. The van der Waals surface area contributed by atoms with Crippen LogP contribution in [0.4, 0.5) is 0 Å². The summed E-state index contributed by atoms with van der Waals surface area (Å²) >= 11 is 0. The van der Waals surface area contributed by atoms with Crippen molar-refractivity contribution in [3.8, 4) is 11.3 Å². The minimum absolute atomic E-state index is 0.00603. The average Bonchev–Trinajstić information content (AvgIpc) is 3.01. The molecule has 1 fully saturated rings. The predicted molar refractivity (Wildman–Crippen MR) is 84.1 cm³/mol. The fraction of sp³-hybridized carbons (Fsp3) is 0.333. The van der Waals surface area contributed by atoms with Gasteiger partial charge in [0.2, 0.25) is 0 Å². The van der Waals surface area contributed by atoms with Crippen molar-refractivity contribution in [1.29, 1.82) is 0 Å². The molecule has 0 saturated heterocycles. The standard InChI is InChI=1S/C18H20N2O/c1-13-16(18(21)20-15-9-5-6-10-15)11-12-17(19-13)14-7-3-2-4-8-14/h2-4,7-8,11-12,15H,5-6,9-10H2,1H3,(H,20,21). The second-order valence-electron chi connectivity index (χ2n) is 5.65. The van der Waals surface area contributed by atoms with Gasteiger partial charge in [-0.3, -0.25) is 9.78 Å². The van der Waals surface area contributed by atoms with Crippen LogP contribution in [0.2, 0.25) is 0 Å². The maximum atomic E-state index is 12.3. The Morgan fingerprint density at radius 3 is 2.48 bits per heavy atom. The number of carbonyl (C=O) groups is 1. The molecule has 0 bridgehead atoms. The van der Waals surface area contributed by atoms with Crippen molar-refractivity contribution in [1.82, 2.24) is 10.3 Å². The van der Waals surface area contributed by atoms with Crippen molar-refractivity contribution in [3.63, 3.8) is 0 Å². The van der Waals surface area contributed by atoms with E-state index in [4.69, 9.17) is 0 Å². The van der Waals surface area contributed by atoms with Gasteiger partial charge in [0.1, 0.15) is 0 Å². The Hall–Kier alpha value is -2.16. The molecular weight excluding hydrogens is 260 g/mol. The lowest BCUT2D eigenvalue weighted by atomic mass is 10.1. The number of pyridine rings is 1. The van der Waals surface area contributed by atoms with E-state index in [1.807, 2.05) is 49.4 Å². The summed E-state index contributed by atoms with van der Waals surface area (Å²) in [4.78, 5) is 16.9. The zero-order chi connectivity index (χ0) is 14.7. The minimum Gasteiger partial charge on any atom is -0.349 e. The third-order valence-corrected chi connectivity index (χ3v) is 4.09. The lowest BCUT2D eigenvalue weighted by Gasteiger charge is -2.13. The Morgan fingerprint density at radius 2 is 1.81 bits per heavy atom. The van der Waals surface area contributed by atoms with Crippen LogP contribution in [0.3, 0.4) is 0 Å². The third-order valence-electron chi connectivity index (χ3n) is 4.09. The van der Waals surface area contributed by atoms with Crippen LogP contribution in [-0.4, -0.2) is 16.9 Å².